The van der Waals surface area contributed by atoms with Crippen LogP contribution in [-0.2, 0) is 19.6 Å². The van der Waals surface area contributed by atoms with Crippen LogP contribution in [0, 0.1) is 0 Å². The van der Waals surface area contributed by atoms with Crippen molar-refractivity contribution in [3.05, 3.63) is 40.4 Å². The molecule has 0 unspecified atom stereocenters. The van der Waals surface area contributed by atoms with E-state index in [-0.39, 0.29) is 31.4 Å². The molecule has 0 aliphatic carbocycles. The second-order valence-corrected chi connectivity index (χ2v) is 8.55. The molecule has 1 aromatic rings. The molecule has 2 rings (SSSR count). The third-order valence-electron chi connectivity index (χ3n) is 3.75. The van der Waals surface area contributed by atoms with Crippen LogP contribution in [0.3, 0.4) is 0 Å². The van der Waals surface area contributed by atoms with E-state index in [0.29, 0.717) is 13.1 Å². The highest BCUT2D eigenvalue weighted by Crippen LogP contribution is 2.12. The molecule has 7 nitrogen and oxygen atoms in total. The van der Waals surface area contributed by atoms with Crippen molar-refractivity contribution in [3.8, 4) is 0 Å². The lowest BCUT2D eigenvalue weighted by molar-refractivity contribution is -0.133. The van der Waals surface area contributed by atoms with Gasteiger partial charge in [-0.3, -0.25) is 9.59 Å². The summed E-state index contributed by atoms with van der Waals surface area (Å²) in [5.41, 5.74) is 0.868. The lowest BCUT2D eigenvalue weighted by Crippen LogP contribution is -2.52. The quantitative estimate of drug-likeness (QED) is 0.697. The molecule has 0 aromatic heterocycles. The Morgan fingerprint density at radius 1 is 1.24 bits per heavy atom. The molecular weight excluding hydrogens is 410 g/mol. The fourth-order valence-electron chi connectivity index (χ4n) is 2.38. The van der Waals surface area contributed by atoms with Crippen LogP contribution >= 0.6 is 15.9 Å². The number of nitrogens with one attached hydrogen (secondary N) is 1. The third-order valence-corrected chi connectivity index (χ3v) is 5.55. The molecule has 0 spiro atoms. The Balaban J connectivity index is 1.77. The Bertz CT molecular complexity index is 771. The Morgan fingerprint density at radius 2 is 1.92 bits per heavy atom. The van der Waals surface area contributed by atoms with Crippen molar-refractivity contribution in [2.24, 2.45) is 0 Å². The van der Waals surface area contributed by atoms with Crippen LogP contribution in [0.1, 0.15) is 5.56 Å². The first-order chi connectivity index (χ1) is 11.8. The molecule has 9 heteroatoms. The molecule has 2 amide bonds. The maximum absolute atomic E-state index is 12.1. The zero-order chi connectivity index (χ0) is 18.4. The van der Waals surface area contributed by atoms with Crippen molar-refractivity contribution in [3.63, 3.8) is 0 Å². The van der Waals surface area contributed by atoms with Crippen molar-refractivity contribution in [1.82, 2.24) is 14.5 Å². The highest BCUT2D eigenvalue weighted by Gasteiger charge is 2.25. The first-order valence-corrected chi connectivity index (χ1v) is 10.3. The smallest absolute Gasteiger partial charge is 0.244 e. The third kappa shape index (κ3) is 6.26. The van der Waals surface area contributed by atoms with Crippen LogP contribution in [0.2, 0.25) is 0 Å². The summed E-state index contributed by atoms with van der Waals surface area (Å²) in [6.45, 7) is 1.11. The summed E-state index contributed by atoms with van der Waals surface area (Å²) in [6, 6.07) is 7.48. The first kappa shape index (κ1) is 19.6. The fourth-order valence-corrected chi connectivity index (χ4v) is 3.63. The van der Waals surface area contributed by atoms with Crippen LogP contribution < -0.4 is 5.32 Å². The second-order valence-electron chi connectivity index (χ2n) is 5.65. The molecule has 1 aliphatic heterocycles. The van der Waals surface area contributed by atoms with E-state index in [0.717, 1.165) is 16.3 Å². The molecule has 25 heavy (non-hydrogen) atoms. The van der Waals surface area contributed by atoms with Gasteiger partial charge in [-0.25, -0.2) is 8.42 Å². The Kier molecular flexibility index (Phi) is 6.74. The average Bonchev–Trinajstić information content (AvgIpc) is 2.57. The van der Waals surface area contributed by atoms with E-state index in [9.17, 15) is 18.0 Å². The number of hydrogen-bond acceptors (Lipinski definition) is 4. The normalized spacial score (nSPS) is 16.2. The monoisotopic (exact) mass is 429 g/mol. The van der Waals surface area contributed by atoms with Gasteiger partial charge in [0.1, 0.15) is 0 Å². The van der Waals surface area contributed by atoms with Gasteiger partial charge in [-0.15, -0.1) is 0 Å². The topological polar surface area (TPSA) is 86.8 Å². The largest absolute Gasteiger partial charge is 0.343 e. The van der Waals surface area contributed by atoms with E-state index < -0.39 is 10.0 Å². The standard InChI is InChI=1S/C16H20BrN3O4S/c1-25(23,24)20-9-7-19(8-10-20)16(22)12-18-15(21)6-5-13-3-2-4-14(17)11-13/h2-6,11H,7-10,12H2,1H3,(H,18,21)/b6-5+. The molecule has 1 heterocycles. The molecule has 0 radical (unpaired) electrons. The average molecular weight is 430 g/mol. The van der Waals surface area contributed by atoms with E-state index in [2.05, 4.69) is 21.2 Å². The molecule has 0 atom stereocenters. The molecule has 1 N–H and O–H groups in total. The van der Waals surface area contributed by atoms with E-state index >= 15 is 0 Å². The summed E-state index contributed by atoms with van der Waals surface area (Å²) in [6.07, 6.45) is 4.19. The van der Waals surface area contributed by atoms with Gasteiger partial charge in [-0.2, -0.15) is 4.31 Å². The van der Waals surface area contributed by atoms with Crippen molar-refractivity contribution >= 4 is 43.8 Å². The van der Waals surface area contributed by atoms with Gasteiger partial charge in [0.15, 0.2) is 0 Å². The van der Waals surface area contributed by atoms with Crippen molar-refractivity contribution in [1.29, 1.82) is 0 Å². The molecular formula is C16H20BrN3O4S. The molecule has 1 fully saturated rings. The van der Waals surface area contributed by atoms with Gasteiger partial charge in [0.2, 0.25) is 21.8 Å². The number of rotatable bonds is 5. The maximum Gasteiger partial charge on any atom is 0.244 e. The van der Waals surface area contributed by atoms with Gasteiger partial charge in [-0.05, 0) is 23.8 Å². The van der Waals surface area contributed by atoms with Gasteiger partial charge in [0.05, 0.1) is 12.8 Å². The summed E-state index contributed by atoms with van der Waals surface area (Å²) in [7, 11) is -3.22. The number of sulfonamides is 1. The molecule has 136 valence electrons. The Labute approximate surface area is 155 Å². The van der Waals surface area contributed by atoms with Crippen molar-refractivity contribution < 1.29 is 18.0 Å². The molecule has 0 saturated carbocycles. The van der Waals surface area contributed by atoms with Crippen LogP contribution in [-0.4, -0.2) is 68.4 Å². The number of benzene rings is 1. The number of nitrogens with zero attached hydrogens (tertiary/aromatic N) is 2. The summed E-state index contributed by atoms with van der Waals surface area (Å²) < 4.78 is 25.1. The molecule has 1 aromatic carbocycles. The van der Waals surface area contributed by atoms with Gasteiger partial charge >= 0.3 is 0 Å². The summed E-state index contributed by atoms with van der Waals surface area (Å²) in [4.78, 5) is 25.5. The highest BCUT2D eigenvalue weighted by molar-refractivity contribution is 9.10. The zero-order valence-corrected chi connectivity index (χ0v) is 16.2. The number of piperazine rings is 1. The lowest BCUT2D eigenvalue weighted by Gasteiger charge is -2.33. The Morgan fingerprint density at radius 3 is 2.52 bits per heavy atom. The van der Waals surface area contributed by atoms with Gasteiger partial charge in [0.25, 0.3) is 0 Å². The highest BCUT2D eigenvalue weighted by atomic mass is 79.9. The molecule has 0 bridgehead atoms. The molecule has 1 saturated heterocycles. The van der Waals surface area contributed by atoms with Crippen molar-refractivity contribution in [2.45, 2.75) is 0 Å². The predicted molar refractivity (Wildman–Crippen MR) is 99.2 cm³/mol. The summed E-state index contributed by atoms with van der Waals surface area (Å²) >= 11 is 3.35. The van der Waals surface area contributed by atoms with Crippen LogP contribution in [0.15, 0.2) is 34.8 Å². The van der Waals surface area contributed by atoms with Crippen molar-refractivity contribution in [2.75, 3.05) is 39.0 Å². The summed E-state index contributed by atoms with van der Waals surface area (Å²) in [5, 5.41) is 2.55. The van der Waals surface area contributed by atoms with E-state index in [1.165, 1.54) is 10.4 Å². The zero-order valence-electron chi connectivity index (χ0n) is 13.8. The van der Waals surface area contributed by atoms with E-state index in [4.69, 9.17) is 0 Å². The van der Waals surface area contributed by atoms with Gasteiger partial charge in [-0.1, -0.05) is 28.1 Å². The van der Waals surface area contributed by atoms with Crippen LogP contribution in [0.4, 0.5) is 0 Å². The number of hydrogen-bond donors (Lipinski definition) is 1. The SMILES string of the molecule is CS(=O)(=O)N1CCN(C(=O)CNC(=O)/C=C/c2cccc(Br)c2)CC1. The van der Waals surface area contributed by atoms with Crippen LogP contribution in [0.5, 0.6) is 0 Å². The molecule has 1 aliphatic rings. The number of halogens is 1. The van der Waals surface area contributed by atoms with E-state index in [1.54, 1.807) is 11.0 Å². The summed E-state index contributed by atoms with van der Waals surface area (Å²) in [5.74, 6) is -0.583. The number of amides is 2. The number of carbonyl (C=O) groups excluding carboxylic acids is 2. The fraction of sp³-hybridized carbons (Fsp3) is 0.375. The van der Waals surface area contributed by atoms with Crippen LogP contribution in [0.25, 0.3) is 6.08 Å². The minimum Gasteiger partial charge on any atom is -0.343 e. The van der Waals surface area contributed by atoms with Gasteiger partial charge in [0, 0.05) is 36.7 Å². The minimum atomic E-state index is -3.22. The first-order valence-electron chi connectivity index (χ1n) is 7.70. The minimum absolute atomic E-state index is 0.111. The Hall–Kier alpha value is -1.71. The van der Waals surface area contributed by atoms with Gasteiger partial charge < -0.3 is 10.2 Å². The predicted octanol–water partition coefficient (Wildman–Crippen LogP) is 0.682. The second kappa shape index (κ2) is 8.59. The maximum atomic E-state index is 12.1. The number of carbonyl (C=O) groups is 2. The lowest BCUT2D eigenvalue weighted by atomic mass is 10.2. The van der Waals surface area contributed by atoms with E-state index in [1.807, 2.05) is 24.3 Å².